The molecule has 0 bridgehead atoms. The van der Waals surface area contributed by atoms with E-state index in [9.17, 15) is 26.4 Å². The number of ether oxygens (including phenoxy) is 1. The van der Waals surface area contributed by atoms with Crippen LogP contribution in [-0.2, 0) is 22.9 Å². The second-order valence-corrected chi connectivity index (χ2v) is 10.7. The summed E-state index contributed by atoms with van der Waals surface area (Å²) < 4.78 is 72.3. The smallest absolute Gasteiger partial charge is 0.391 e. The SMILES string of the molecule is CCCc1[nH]nc2c(=O)[nH]c(Cc3cc(S(=O)(=O)N4CCC(C(F)(F)F)CC4)ccc3OCC)nc12. The zero-order valence-corrected chi connectivity index (χ0v) is 20.8. The van der Waals surface area contributed by atoms with Crippen LogP contribution in [-0.4, -0.2) is 58.8 Å². The van der Waals surface area contributed by atoms with Crippen molar-refractivity contribution in [2.75, 3.05) is 19.7 Å². The second kappa shape index (κ2) is 10.2. The molecular weight excluding hydrogens is 499 g/mol. The van der Waals surface area contributed by atoms with Gasteiger partial charge in [0, 0.05) is 25.1 Å². The number of fused-ring (bicyclic) bond motifs is 1. The van der Waals surface area contributed by atoms with Crippen LogP contribution in [0.25, 0.3) is 11.0 Å². The topological polar surface area (TPSA) is 121 Å². The van der Waals surface area contributed by atoms with E-state index in [2.05, 4.69) is 20.2 Å². The van der Waals surface area contributed by atoms with E-state index >= 15 is 0 Å². The number of benzene rings is 1. The number of sulfonamides is 1. The molecule has 13 heteroatoms. The zero-order chi connectivity index (χ0) is 26.1. The lowest BCUT2D eigenvalue weighted by atomic mass is 9.98. The Morgan fingerprint density at radius 3 is 2.53 bits per heavy atom. The number of aromatic nitrogens is 4. The molecule has 3 heterocycles. The lowest BCUT2D eigenvalue weighted by Crippen LogP contribution is -2.42. The van der Waals surface area contributed by atoms with Crippen LogP contribution in [0.15, 0.2) is 27.9 Å². The highest BCUT2D eigenvalue weighted by molar-refractivity contribution is 7.89. The van der Waals surface area contributed by atoms with Crippen molar-refractivity contribution in [3.8, 4) is 5.75 Å². The first-order valence-electron chi connectivity index (χ1n) is 11.8. The van der Waals surface area contributed by atoms with Crippen molar-refractivity contribution in [1.29, 1.82) is 0 Å². The molecule has 2 N–H and O–H groups in total. The van der Waals surface area contributed by atoms with Crippen molar-refractivity contribution < 1.29 is 26.3 Å². The molecule has 9 nitrogen and oxygen atoms in total. The molecule has 2 aromatic heterocycles. The molecule has 196 valence electrons. The van der Waals surface area contributed by atoms with Gasteiger partial charge in [-0.05, 0) is 44.4 Å². The fourth-order valence-corrected chi connectivity index (χ4v) is 5.94. The molecule has 3 aromatic rings. The van der Waals surface area contributed by atoms with E-state index < -0.39 is 27.7 Å². The van der Waals surface area contributed by atoms with Crippen LogP contribution in [0.2, 0.25) is 0 Å². The first-order valence-corrected chi connectivity index (χ1v) is 13.3. The number of aromatic amines is 2. The third kappa shape index (κ3) is 5.26. The van der Waals surface area contributed by atoms with Gasteiger partial charge in [-0.15, -0.1) is 0 Å². The summed E-state index contributed by atoms with van der Waals surface area (Å²) in [5.41, 5.74) is 1.47. The van der Waals surface area contributed by atoms with Crippen LogP contribution in [0.1, 0.15) is 50.2 Å². The number of H-pyrrole nitrogens is 2. The van der Waals surface area contributed by atoms with Gasteiger partial charge in [-0.1, -0.05) is 13.3 Å². The Labute approximate surface area is 206 Å². The molecule has 0 atom stereocenters. The number of aryl methyl sites for hydroxylation is 1. The van der Waals surface area contributed by atoms with Crippen LogP contribution >= 0.6 is 0 Å². The number of alkyl halides is 3. The van der Waals surface area contributed by atoms with Crippen LogP contribution in [0.4, 0.5) is 13.2 Å². The Morgan fingerprint density at radius 2 is 1.89 bits per heavy atom. The van der Waals surface area contributed by atoms with Gasteiger partial charge in [-0.2, -0.15) is 22.6 Å². The highest BCUT2D eigenvalue weighted by atomic mass is 32.2. The molecule has 1 saturated heterocycles. The standard InChI is InChI=1S/C23H28F3N5O4S/c1-3-5-17-20-21(30-29-17)22(32)28-19(27-20)13-14-12-16(6-7-18(14)35-4-2)36(33,34)31-10-8-15(9-11-31)23(24,25)26/h6-7,12,15H,3-5,8-11,13H2,1-2H3,(H,29,30)(H,27,28,32). The number of halogens is 3. The molecule has 0 amide bonds. The number of hydrogen-bond donors (Lipinski definition) is 2. The van der Waals surface area contributed by atoms with Gasteiger partial charge in [-0.25, -0.2) is 13.4 Å². The lowest BCUT2D eigenvalue weighted by molar-refractivity contribution is -0.182. The molecule has 0 spiro atoms. The Morgan fingerprint density at radius 1 is 1.17 bits per heavy atom. The summed E-state index contributed by atoms with van der Waals surface area (Å²) >= 11 is 0. The summed E-state index contributed by atoms with van der Waals surface area (Å²) in [6.45, 7) is 3.69. The Bertz CT molecular complexity index is 1390. The van der Waals surface area contributed by atoms with Gasteiger partial charge >= 0.3 is 6.18 Å². The summed E-state index contributed by atoms with van der Waals surface area (Å²) in [6, 6.07) is 4.34. The molecule has 36 heavy (non-hydrogen) atoms. The predicted octanol–water partition coefficient (Wildman–Crippen LogP) is 3.55. The summed E-state index contributed by atoms with van der Waals surface area (Å²) in [7, 11) is -4.02. The third-order valence-electron chi connectivity index (χ3n) is 6.28. The molecular formula is C23H28F3N5O4S. The maximum atomic E-state index is 13.2. The van der Waals surface area contributed by atoms with E-state index in [-0.39, 0.29) is 42.8 Å². The van der Waals surface area contributed by atoms with E-state index in [4.69, 9.17) is 4.74 Å². The average molecular weight is 528 g/mol. The minimum Gasteiger partial charge on any atom is -0.494 e. The van der Waals surface area contributed by atoms with Crippen molar-refractivity contribution in [3.05, 3.63) is 45.6 Å². The second-order valence-electron chi connectivity index (χ2n) is 8.76. The van der Waals surface area contributed by atoms with E-state index in [0.717, 1.165) is 16.4 Å². The first-order chi connectivity index (χ1) is 17.0. The largest absolute Gasteiger partial charge is 0.494 e. The van der Waals surface area contributed by atoms with Crippen molar-refractivity contribution >= 4 is 21.1 Å². The number of rotatable bonds is 8. The van der Waals surface area contributed by atoms with Crippen molar-refractivity contribution in [2.24, 2.45) is 5.92 Å². The Balaban J connectivity index is 1.65. The minimum absolute atomic E-state index is 0.0511. The number of nitrogens with one attached hydrogen (secondary N) is 2. The van der Waals surface area contributed by atoms with Gasteiger partial charge in [0.05, 0.1) is 23.1 Å². The van der Waals surface area contributed by atoms with E-state index in [0.29, 0.717) is 35.7 Å². The van der Waals surface area contributed by atoms with E-state index in [1.807, 2.05) is 6.92 Å². The number of hydrogen-bond acceptors (Lipinski definition) is 6. The van der Waals surface area contributed by atoms with Gasteiger partial charge in [0.1, 0.15) is 17.1 Å². The number of nitrogens with zero attached hydrogens (tertiary/aromatic N) is 3. The van der Waals surface area contributed by atoms with Crippen LogP contribution in [0.3, 0.4) is 0 Å². The normalized spacial score (nSPS) is 16.0. The van der Waals surface area contributed by atoms with Gasteiger partial charge in [0.2, 0.25) is 10.0 Å². The molecule has 0 unspecified atom stereocenters. The van der Waals surface area contributed by atoms with Gasteiger partial charge < -0.3 is 9.72 Å². The number of piperidine rings is 1. The van der Waals surface area contributed by atoms with Gasteiger partial charge in [0.25, 0.3) is 5.56 Å². The molecule has 0 radical (unpaired) electrons. The van der Waals surface area contributed by atoms with Crippen molar-refractivity contribution in [1.82, 2.24) is 24.5 Å². The van der Waals surface area contributed by atoms with E-state index in [1.165, 1.54) is 18.2 Å². The van der Waals surface area contributed by atoms with Crippen molar-refractivity contribution in [2.45, 2.75) is 57.0 Å². The summed E-state index contributed by atoms with van der Waals surface area (Å²) in [6.07, 6.45) is -3.31. The average Bonchev–Trinajstić information content (AvgIpc) is 3.23. The fraction of sp³-hybridized carbons (Fsp3) is 0.522. The first kappa shape index (κ1) is 26.1. The zero-order valence-electron chi connectivity index (χ0n) is 20.0. The highest BCUT2D eigenvalue weighted by Gasteiger charge is 2.43. The van der Waals surface area contributed by atoms with Gasteiger partial charge in [-0.3, -0.25) is 9.89 Å². The van der Waals surface area contributed by atoms with Crippen LogP contribution in [0, 0.1) is 5.92 Å². The molecule has 1 fully saturated rings. The monoisotopic (exact) mass is 527 g/mol. The lowest BCUT2D eigenvalue weighted by Gasteiger charge is -2.32. The Kier molecular flexibility index (Phi) is 7.41. The van der Waals surface area contributed by atoms with Crippen LogP contribution in [0.5, 0.6) is 5.75 Å². The summed E-state index contributed by atoms with van der Waals surface area (Å²) in [4.78, 5) is 19.8. The van der Waals surface area contributed by atoms with Crippen LogP contribution < -0.4 is 10.3 Å². The molecule has 1 aliphatic heterocycles. The summed E-state index contributed by atoms with van der Waals surface area (Å²) in [5.74, 6) is -0.762. The minimum atomic E-state index is -4.33. The van der Waals surface area contributed by atoms with Gasteiger partial charge in [0.15, 0.2) is 5.52 Å². The van der Waals surface area contributed by atoms with Crippen molar-refractivity contribution in [3.63, 3.8) is 0 Å². The maximum absolute atomic E-state index is 13.2. The summed E-state index contributed by atoms with van der Waals surface area (Å²) in [5, 5.41) is 6.88. The van der Waals surface area contributed by atoms with E-state index in [1.54, 1.807) is 6.92 Å². The highest BCUT2D eigenvalue weighted by Crippen LogP contribution is 2.36. The quantitative estimate of drug-likeness (QED) is 0.462. The molecule has 4 rings (SSSR count). The fourth-order valence-electron chi connectivity index (χ4n) is 4.42. The Hall–Kier alpha value is -2.93. The predicted molar refractivity (Wildman–Crippen MR) is 126 cm³/mol. The molecule has 1 aromatic carbocycles. The molecule has 0 saturated carbocycles. The maximum Gasteiger partial charge on any atom is 0.391 e. The molecule has 0 aliphatic carbocycles. The molecule has 1 aliphatic rings. The third-order valence-corrected chi connectivity index (χ3v) is 8.17.